The molecule has 1 N–H and O–H groups in total. The largest absolute Gasteiger partial charge is 0.490 e. The van der Waals surface area contributed by atoms with E-state index in [1.165, 1.54) is 6.08 Å². The first-order chi connectivity index (χ1) is 16.4. The molecule has 1 atom stereocenters. The fourth-order valence-corrected chi connectivity index (χ4v) is 3.89. The minimum Gasteiger partial charge on any atom is -0.490 e. The van der Waals surface area contributed by atoms with Gasteiger partial charge >= 0.3 is 0 Å². The third kappa shape index (κ3) is 6.96. The van der Waals surface area contributed by atoms with Gasteiger partial charge in [-0.2, -0.15) is 5.26 Å². The summed E-state index contributed by atoms with van der Waals surface area (Å²) in [6, 6.07) is 22.8. The quantitative estimate of drug-likeness (QED) is 0.218. The maximum atomic E-state index is 12.8. The lowest BCUT2D eigenvalue weighted by molar-refractivity contribution is -0.117. The standard InChI is InChI=1S/C27H24Br2N2O3/c1-3-33-25-14-21(24(29)15-26(25)34-17-19-9-11-23(28)12-10-19)13-22(16-30)27(32)31-18(2)20-7-5-4-6-8-20/h4-15,18H,3,17H2,1-2H3,(H,31,32)/b22-13-/t18-/m0/s1. The lowest BCUT2D eigenvalue weighted by atomic mass is 10.1. The Bertz CT molecular complexity index is 1200. The molecular weight excluding hydrogens is 560 g/mol. The predicted octanol–water partition coefficient (Wildman–Crippen LogP) is 6.97. The number of carbonyl (C=O) groups is 1. The van der Waals surface area contributed by atoms with Gasteiger partial charge in [-0.25, -0.2) is 0 Å². The van der Waals surface area contributed by atoms with Gasteiger partial charge < -0.3 is 14.8 Å². The zero-order valence-corrected chi connectivity index (χ0v) is 22.0. The van der Waals surface area contributed by atoms with Gasteiger partial charge in [-0.3, -0.25) is 4.79 Å². The van der Waals surface area contributed by atoms with E-state index in [9.17, 15) is 10.1 Å². The lowest BCUT2D eigenvalue weighted by Crippen LogP contribution is -2.27. The van der Waals surface area contributed by atoms with Gasteiger partial charge in [0.05, 0.1) is 12.6 Å². The van der Waals surface area contributed by atoms with Gasteiger partial charge in [-0.1, -0.05) is 74.3 Å². The highest BCUT2D eigenvalue weighted by Crippen LogP contribution is 2.35. The molecule has 0 unspecified atom stereocenters. The first kappa shape index (κ1) is 25.5. The Labute approximate surface area is 216 Å². The molecule has 3 aromatic rings. The van der Waals surface area contributed by atoms with Crippen molar-refractivity contribution >= 4 is 43.8 Å². The molecular formula is C27H24Br2N2O3. The highest BCUT2D eigenvalue weighted by Gasteiger charge is 2.16. The Hall–Kier alpha value is -3.08. The molecule has 0 fully saturated rings. The van der Waals surface area contributed by atoms with Gasteiger partial charge in [0.1, 0.15) is 18.2 Å². The van der Waals surface area contributed by atoms with Gasteiger partial charge in [0.2, 0.25) is 0 Å². The van der Waals surface area contributed by atoms with Crippen molar-refractivity contribution in [3.05, 3.63) is 97.9 Å². The molecule has 7 heteroatoms. The van der Waals surface area contributed by atoms with Crippen LogP contribution in [0.2, 0.25) is 0 Å². The molecule has 5 nitrogen and oxygen atoms in total. The fourth-order valence-electron chi connectivity index (χ4n) is 3.19. The van der Waals surface area contributed by atoms with Gasteiger partial charge in [-0.05, 0) is 60.9 Å². The third-order valence-corrected chi connectivity index (χ3v) is 6.20. The highest BCUT2D eigenvalue weighted by molar-refractivity contribution is 9.10. The zero-order valence-electron chi connectivity index (χ0n) is 18.8. The van der Waals surface area contributed by atoms with Gasteiger partial charge in [0.25, 0.3) is 5.91 Å². The van der Waals surface area contributed by atoms with Crippen LogP contribution in [0.4, 0.5) is 0 Å². The van der Waals surface area contributed by atoms with Crippen LogP contribution in [0.5, 0.6) is 11.5 Å². The number of rotatable bonds is 9. The minimum atomic E-state index is -0.445. The van der Waals surface area contributed by atoms with Crippen LogP contribution in [0.3, 0.4) is 0 Å². The molecule has 0 saturated heterocycles. The van der Waals surface area contributed by atoms with E-state index in [-0.39, 0.29) is 11.6 Å². The number of ether oxygens (including phenoxy) is 2. The van der Waals surface area contributed by atoms with Crippen molar-refractivity contribution in [3.8, 4) is 17.6 Å². The van der Waals surface area contributed by atoms with E-state index in [0.717, 1.165) is 15.6 Å². The Morgan fingerprint density at radius 2 is 1.74 bits per heavy atom. The molecule has 34 heavy (non-hydrogen) atoms. The second-order valence-corrected chi connectivity index (χ2v) is 9.21. The number of nitrogens with zero attached hydrogens (tertiary/aromatic N) is 1. The normalized spacial score (nSPS) is 11.9. The average molecular weight is 584 g/mol. The Morgan fingerprint density at radius 1 is 1.06 bits per heavy atom. The SMILES string of the molecule is CCOc1cc(/C=C(/C#N)C(=O)N[C@@H](C)c2ccccc2)c(Br)cc1OCc1ccc(Br)cc1. The molecule has 0 saturated carbocycles. The van der Waals surface area contributed by atoms with Gasteiger partial charge in [-0.15, -0.1) is 0 Å². The summed E-state index contributed by atoms with van der Waals surface area (Å²) in [5, 5.41) is 12.5. The number of benzene rings is 3. The summed E-state index contributed by atoms with van der Waals surface area (Å²) in [6.45, 7) is 4.58. The van der Waals surface area contributed by atoms with E-state index in [4.69, 9.17) is 9.47 Å². The van der Waals surface area contributed by atoms with Crippen molar-refractivity contribution in [1.82, 2.24) is 5.32 Å². The van der Waals surface area contributed by atoms with Crippen molar-refractivity contribution in [2.75, 3.05) is 6.61 Å². The Morgan fingerprint density at radius 3 is 2.38 bits per heavy atom. The van der Waals surface area contributed by atoms with Gasteiger partial charge in [0, 0.05) is 8.95 Å². The number of amides is 1. The topological polar surface area (TPSA) is 71.3 Å². The molecule has 0 aliphatic rings. The van der Waals surface area contributed by atoms with Crippen molar-refractivity contribution in [3.63, 3.8) is 0 Å². The summed E-state index contributed by atoms with van der Waals surface area (Å²) in [5.41, 5.74) is 2.61. The lowest BCUT2D eigenvalue weighted by Gasteiger charge is -2.15. The molecule has 0 aliphatic carbocycles. The molecule has 174 valence electrons. The molecule has 1 amide bonds. The molecule has 0 aromatic heterocycles. The molecule has 0 radical (unpaired) electrons. The van der Waals surface area contributed by atoms with Crippen LogP contribution >= 0.6 is 31.9 Å². The third-order valence-electron chi connectivity index (χ3n) is 4.98. The summed E-state index contributed by atoms with van der Waals surface area (Å²) < 4.78 is 13.4. The van der Waals surface area contributed by atoms with Crippen LogP contribution in [0.1, 0.15) is 36.6 Å². The summed E-state index contributed by atoms with van der Waals surface area (Å²) in [7, 11) is 0. The van der Waals surface area contributed by atoms with Gasteiger partial charge in [0.15, 0.2) is 11.5 Å². The number of hydrogen-bond donors (Lipinski definition) is 1. The number of nitriles is 1. The van der Waals surface area contributed by atoms with E-state index < -0.39 is 5.91 Å². The number of halogens is 2. The van der Waals surface area contributed by atoms with E-state index in [1.807, 2.05) is 74.5 Å². The molecule has 3 aromatic carbocycles. The minimum absolute atomic E-state index is 0.00513. The van der Waals surface area contributed by atoms with Crippen molar-refractivity contribution in [1.29, 1.82) is 5.26 Å². The Kier molecular flexibility index (Phi) is 9.32. The summed E-state index contributed by atoms with van der Waals surface area (Å²) in [6.07, 6.45) is 1.54. The predicted molar refractivity (Wildman–Crippen MR) is 140 cm³/mol. The van der Waals surface area contributed by atoms with Crippen LogP contribution < -0.4 is 14.8 Å². The molecule has 0 heterocycles. The maximum Gasteiger partial charge on any atom is 0.262 e. The summed E-state index contributed by atoms with van der Waals surface area (Å²) in [5.74, 6) is 0.651. The van der Waals surface area contributed by atoms with Crippen LogP contribution in [-0.2, 0) is 11.4 Å². The second-order valence-electron chi connectivity index (χ2n) is 7.44. The van der Waals surface area contributed by atoms with Crippen LogP contribution in [0.25, 0.3) is 6.08 Å². The van der Waals surface area contributed by atoms with E-state index >= 15 is 0 Å². The van der Waals surface area contributed by atoms with Crippen molar-refractivity contribution in [2.45, 2.75) is 26.5 Å². The van der Waals surface area contributed by atoms with Crippen LogP contribution in [0.15, 0.2) is 81.2 Å². The van der Waals surface area contributed by atoms with Crippen LogP contribution in [0, 0.1) is 11.3 Å². The monoisotopic (exact) mass is 582 g/mol. The molecule has 0 aliphatic heterocycles. The first-order valence-corrected chi connectivity index (χ1v) is 12.3. The Balaban J connectivity index is 1.81. The van der Waals surface area contributed by atoms with Crippen LogP contribution in [-0.4, -0.2) is 12.5 Å². The molecule has 0 bridgehead atoms. The summed E-state index contributed by atoms with van der Waals surface area (Å²) >= 11 is 6.96. The number of nitrogens with one attached hydrogen (secondary N) is 1. The molecule has 0 spiro atoms. The smallest absolute Gasteiger partial charge is 0.262 e. The zero-order chi connectivity index (χ0) is 24.5. The first-order valence-electron chi connectivity index (χ1n) is 10.7. The van der Waals surface area contributed by atoms with E-state index in [1.54, 1.807) is 12.1 Å². The van der Waals surface area contributed by atoms with E-state index in [2.05, 4.69) is 37.2 Å². The highest BCUT2D eigenvalue weighted by atomic mass is 79.9. The fraction of sp³-hybridized carbons (Fsp3) is 0.185. The second kappa shape index (κ2) is 12.4. The molecule has 3 rings (SSSR count). The van der Waals surface area contributed by atoms with Crippen molar-refractivity contribution in [2.24, 2.45) is 0 Å². The van der Waals surface area contributed by atoms with E-state index in [0.29, 0.717) is 34.7 Å². The number of carbonyl (C=O) groups excluding carboxylic acids is 1. The summed E-state index contributed by atoms with van der Waals surface area (Å²) in [4.78, 5) is 12.8. The van der Waals surface area contributed by atoms with Crippen molar-refractivity contribution < 1.29 is 14.3 Å². The number of hydrogen-bond acceptors (Lipinski definition) is 4. The maximum absolute atomic E-state index is 12.8. The average Bonchev–Trinajstić information content (AvgIpc) is 2.84.